The molecule has 1 atom stereocenters. The highest BCUT2D eigenvalue weighted by atomic mass is 32.2. The third-order valence-corrected chi connectivity index (χ3v) is 4.32. The summed E-state index contributed by atoms with van der Waals surface area (Å²) in [4.78, 5) is 23.2. The maximum atomic E-state index is 11.5. The number of carbonyl (C=O) groups excluding carboxylic acids is 1. The van der Waals surface area contributed by atoms with Crippen molar-refractivity contribution in [3.8, 4) is 0 Å². The zero-order valence-electron chi connectivity index (χ0n) is 10.5. The molecule has 1 aromatic heterocycles. The van der Waals surface area contributed by atoms with Crippen LogP contribution in [0.4, 0.5) is 0 Å². The summed E-state index contributed by atoms with van der Waals surface area (Å²) in [6.07, 6.45) is 1.22. The van der Waals surface area contributed by atoms with Crippen molar-refractivity contribution < 1.29 is 14.7 Å². The Kier molecular flexibility index (Phi) is 7.54. The number of nitrogens with two attached hydrogens (primary N) is 1. The zero-order valence-corrected chi connectivity index (χ0v) is 12.1. The fraction of sp³-hybridized carbons (Fsp3) is 0.500. The van der Waals surface area contributed by atoms with Crippen molar-refractivity contribution in [1.82, 2.24) is 5.32 Å². The van der Waals surface area contributed by atoms with Crippen LogP contribution in [0.1, 0.15) is 11.3 Å². The third kappa shape index (κ3) is 7.19. The van der Waals surface area contributed by atoms with Crippen LogP contribution in [0.5, 0.6) is 0 Å². The van der Waals surface area contributed by atoms with Crippen LogP contribution < -0.4 is 11.1 Å². The molecule has 5 nitrogen and oxygen atoms in total. The monoisotopic (exact) mass is 302 g/mol. The van der Waals surface area contributed by atoms with Crippen LogP contribution in [0.3, 0.4) is 0 Å². The van der Waals surface area contributed by atoms with E-state index in [1.807, 2.05) is 17.5 Å². The number of carbonyl (C=O) groups is 2. The molecule has 0 spiro atoms. The van der Waals surface area contributed by atoms with Crippen molar-refractivity contribution >= 4 is 35.0 Å². The van der Waals surface area contributed by atoms with Crippen LogP contribution in [0.15, 0.2) is 17.5 Å². The lowest BCUT2D eigenvalue weighted by Crippen LogP contribution is -2.31. The van der Waals surface area contributed by atoms with Gasteiger partial charge in [-0.2, -0.15) is 11.8 Å². The van der Waals surface area contributed by atoms with Crippen LogP contribution in [0, 0.1) is 0 Å². The van der Waals surface area contributed by atoms with E-state index in [0.717, 1.165) is 6.42 Å². The molecular weight excluding hydrogens is 284 g/mol. The van der Waals surface area contributed by atoms with E-state index in [-0.39, 0.29) is 5.91 Å². The second-order valence-corrected chi connectivity index (χ2v) is 6.10. The summed E-state index contributed by atoms with van der Waals surface area (Å²) in [5.74, 6) is -0.103. The smallest absolute Gasteiger partial charge is 0.320 e. The summed E-state index contributed by atoms with van der Waals surface area (Å²) < 4.78 is 0. The molecule has 0 aromatic carbocycles. The molecule has 0 fully saturated rings. The van der Waals surface area contributed by atoms with E-state index >= 15 is 0 Å². The van der Waals surface area contributed by atoms with Gasteiger partial charge in [-0.25, -0.2) is 0 Å². The first-order chi connectivity index (χ1) is 9.09. The van der Waals surface area contributed by atoms with Gasteiger partial charge in [0.15, 0.2) is 0 Å². The number of carboxylic acid groups (broad SMARTS) is 1. The average molecular weight is 302 g/mol. The minimum Gasteiger partial charge on any atom is -0.480 e. The van der Waals surface area contributed by atoms with Gasteiger partial charge in [0.2, 0.25) is 5.91 Å². The van der Waals surface area contributed by atoms with Gasteiger partial charge in [-0.15, -0.1) is 11.3 Å². The van der Waals surface area contributed by atoms with Crippen LogP contribution in [-0.2, 0) is 16.0 Å². The van der Waals surface area contributed by atoms with Crippen molar-refractivity contribution in [3.63, 3.8) is 0 Å². The quantitative estimate of drug-likeness (QED) is 0.590. The molecular formula is C12H18N2O3S2. The van der Waals surface area contributed by atoms with Gasteiger partial charge in [0, 0.05) is 11.4 Å². The maximum Gasteiger partial charge on any atom is 0.320 e. The van der Waals surface area contributed by atoms with Crippen molar-refractivity contribution in [2.24, 2.45) is 5.73 Å². The molecule has 1 aromatic rings. The largest absolute Gasteiger partial charge is 0.480 e. The van der Waals surface area contributed by atoms with Gasteiger partial charge in [0.1, 0.15) is 6.04 Å². The molecule has 19 heavy (non-hydrogen) atoms. The Morgan fingerprint density at radius 1 is 1.53 bits per heavy atom. The number of thioether (sulfide) groups is 1. The summed E-state index contributed by atoms with van der Waals surface area (Å²) in [6.45, 7) is 0.633. The van der Waals surface area contributed by atoms with E-state index in [0.29, 0.717) is 24.5 Å². The van der Waals surface area contributed by atoms with Gasteiger partial charge < -0.3 is 16.2 Å². The molecule has 1 unspecified atom stereocenters. The zero-order chi connectivity index (χ0) is 14.1. The molecule has 1 rings (SSSR count). The van der Waals surface area contributed by atoms with E-state index in [9.17, 15) is 9.59 Å². The van der Waals surface area contributed by atoms with Gasteiger partial charge in [-0.3, -0.25) is 9.59 Å². The molecule has 0 aliphatic rings. The molecule has 0 bridgehead atoms. The number of carboxylic acids is 1. The molecule has 0 saturated heterocycles. The minimum atomic E-state index is -0.999. The number of aliphatic carboxylic acids is 1. The highest BCUT2D eigenvalue weighted by Gasteiger charge is 2.10. The summed E-state index contributed by atoms with van der Waals surface area (Å²) in [7, 11) is 0. The molecule has 4 N–H and O–H groups in total. The van der Waals surface area contributed by atoms with Crippen LogP contribution in [0.2, 0.25) is 0 Å². The maximum absolute atomic E-state index is 11.5. The second-order valence-electron chi connectivity index (χ2n) is 3.97. The molecule has 106 valence electrons. The van der Waals surface area contributed by atoms with Gasteiger partial charge >= 0.3 is 5.97 Å². The Labute approximate surface area is 120 Å². The number of hydrogen-bond acceptors (Lipinski definition) is 5. The summed E-state index contributed by atoms with van der Waals surface area (Å²) in [6, 6.07) is 3.19. The average Bonchev–Trinajstić information content (AvgIpc) is 2.87. The fourth-order valence-electron chi connectivity index (χ4n) is 1.33. The second kappa shape index (κ2) is 8.95. The predicted octanol–water partition coefficient (Wildman–Crippen LogP) is 0.942. The molecule has 1 heterocycles. The first-order valence-corrected chi connectivity index (χ1v) is 7.98. The van der Waals surface area contributed by atoms with Gasteiger partial charge in [0.05, 0.1) is 5.75 Å². The number of thiophene rings is 1. The van der Waals surface area contributed by atoms with Crippen molar-refractivity contribution in [2.45, 2.75) is 18.9 Å². The lowest BCUT2D eigenvalue weighted by atomic mass is 10.2. The molecule has 0 aliphatic carbocycles. The number of hydrogen-bond donors (Lipinski definition) is 3. The van der Waals surface area contributed by atoms with E-state index in [2.05, 4.69) is 5.32 Å². The summed E-state index contributed by atoms with van der Waals surface area (Å²) in [5.41, 5.74) is 5.36. The van der Waals surface area contributed by atoms with Gasteiger partial charge in [-0.05, 0) is 30.0 Å². The normalized spacial score (nSPS) is 12.1. The van der Waals surface area contributed by atoms with Crippen molar-refractivity contribution in [1.29, 1.82) is 0 Å². The number of rotatable bonds is 9. The van der Waals surface area contributed by atoms with Crippen LogP contribution in [-0.4, -0.2) is 41.1 Å². The fourth-order valence-corrected chi connectivity index (χ4v) is 2.89. The van der Waals surface area contributed by atoms with E-state index < -0.39 is 12.0 Å². The Morgan fingerprint density at radius 2 is 2.32 bits per heavy atom. The number of nitrogens with one attached hydrogen (secondary N) is 1. The highest BCUT2D eigenvalue weighted by Crippen LogP contribution is 2.08. The molecule has 7 heteroatoms. The van der Waals surface area contributed by atoms with E-state index in [1.54, 1.807) is 11.3 Å². The first-order valence-electron chi connectivity index (χ1n) is 5.95. The standard InChI is InChI=1S/C12H18N2O3S2/c13-10(12(16)17)4-7-18-8-11(15)14-5-3-9-2-1-6-19-9/h1-2,6,10H,3-5,7-8,13H2,(H,14,15)(H,16,17). The molecule has 0 saturated carbocycles. The Hall–Kier alpha value is -1.05. The Balaban J connectivity index is 2.00. The Bertz CT molecular complexity index is 396. The lowest BCUT2D eigenvalue weighted by Gasteiger charge is -2.06. The lowest BCUT2D eigenvalue weighted by molar-refractivity contribution is -0.138. The van der Waals surface area contributed by atoms with E-state index in [4.69, 9.17) is 10.8 Å². The third-order valence-electron chi connectivity index (χ3n) is 2.40. The van der Waals surface area contributed by atoms with Gasteiger partial charge in [0.25, 0.3) is 0 Å². The van der Waals surface area contributed by atoms with E-state index in [1.165, 1.54) is 16.6 Å². The SMILES string of the molecule is NC(CCSCC(=O)NCCc1cccs1)C(=O)O. The molecule has 1 amide bonds. The van der Waals surface area contributed by atoms with Crippen LogP contribution in [0.25, 0.3) is 0 Å². The summed E-state index contributed by atoms with van der Waals surface area (Å²) in [5, 5.41) is 13.4. The predicted molar refractivity (Wildman–Crippen MR) is 78.6 cm³/mol. The van der Waals surface area contributed by atoms with Crippen LogP contribution >= 0.6 is 23.1 Å². The van der Waals surface area contributed by atoms with Gasteiger partial charge in [-0.1, -0.05) is 6.07 Å². The minimum absolute atomic E-state index is 0.0227. The molecule has 0 aliphatic heterocycles. The number of amides is 1. The van der Waals surface area contributed by atoms with Crippen molar-refractivity contribution in [2.75, 3.05) is 18.1 Å². The summed E-state index contributed by atoms with van der Waals surface area (Å²) >= 11 is 3.08. The Morgan fingerprint density at radius 3 is 2.95 bits per heavy atom. The van der Waals surface area contributed by atoms with Crippen molar-refractivity contribution in [3.05, 3.63) is 22.4 Å². The topological polar surface area (TPSA) is 92.4 Å². The molecule has 0 radical (unpaired) electrons. The highest BCUT2D eigenvalue weighted by molar-refractivity contribution is 7.99. The first kappa shape index (κ1) is 16.0.